The van der Waals surface area contributed by atoms with Crippen LogP contribution < -0.4 is 5.32 Å². The Morgan fingerprint density at radius 2 is 1.85 bits per heavy atom. The van der Waals surface area contributed by atoms with Gasteiger partial charge in [-0.25, -0.2) is 4.79 Å². The molecule has 2 atom stereocenters. The van der Waals surface area contributed by atoms with Gasteiger partial charge < -0.3 is 20.1 Å². The summed E-state index contributed by atoms with van der Waals surface area (Å²) in [5.74, 6) is -0.282. The zero-order valence-electron chi connectivity index (χ0n) is 16.5. The highest BCUT2D eigenvalue weighted by atomic mass is 16.6. The molecule has 1 aromatic carbocycles. The molecular formula is C20H32N2O4. The van der Waals surface area contributed by atoms with Crippen molar-refractivity contribution in [1.29, 1.82) is 0 Å². The van der Waals surface area contributed by atoms with Crippen LogP contribution in [0.4, 0.5) is 4.79 Å². The fourth-order valence-corrected chi connectivity index (χ4v) is 2.51. The number of amides is 2. The first-order valence-electron chi connectivity index (χ1n) is 9.11. The van der Waals surface area contributed by atoms with E-state index in [1.807, 2.05) is 44.2 Å². The Morgan fingerprint density at radius 1 is 1.23 bits per heavy atom. The van der Waals surface area contributed by atoms with Crippen molar-refractivity contribution < 1.29 is 19.4 Å². The van der Waals surface area contributed by atoms with Gasteiger partial charge in [-0.3, -0.25) is 4.79 Å². The maximum Gasteiger partial charge on any atom is 0.408 e. The molecular weight excluding hydrogens is 332 g/mol. The minimum Gasteiger partial charge on any atom is -0.444 e. The minimum absolute atomic E-state index is 0.0630. The monoisotopic (exact) mass is 364 g/mol. The van der Waals surface area contributed by atoms with Gasteiger partial charge in [0.25, 0.3) is 0 Å². The fourth-order valence-electron chi connectivity index (χ4n) is 2.51. The Morgan fingerprint density at radius 3 is 2.35 bits per heavy atom. The number of carbonyl (C=O) groups excluding carboxylic acids is 2. The van der Waals surface area contributed by atoms with Crippen LogP contribution in [0.5, 0.6) is 0 Å². The van der Waals surface area contributed by atoms with Crippen molar-refractivity contribution in [2.45, 2.75) is 59.2 Å². The molecule has 0 saturated carbocycles. The van der Waals surface area contributed by atoms with E-state index in [4.69, 9.17) is 4.74 Å². The van der Waals surface area contributed by atoms with E-state index in [0.717, 1.165) is 12.0 Å². The minimum atomic E-state index is -0.704. The second kappa shape index (κ2) is 10.2. The van der Waals surface area contributed by atoms with Crippen LogP contribution in [0.15, 0.2) is 30.3 Å². The highest BCUT2D eigenvalue weighted by Crippen LogP contribution is 2.15. The van der Waals surface area contributed by atoms with E-state index in [9.17, 15) is 14.7 Å². The molecule has 0 aliphatic carbocycles. The molecule has 0 aliphatic rings. The van der Waals surface area contributed by atoms with E-state index >= 15 is 0 Å². The predicted octanol–water partition coefficient (Wildman–Crippen LogP) is 2.95. The molecule has 1 rings (SSSR count). The number of benzene rings is 1. The number of nitrogens with zero attached hydrogens (tertiary/aromatic N) is 1. The lowest BCUT2D eigenvalue weighted by atomic mass is 9.97. The SMILES string of the molecule is CC[C@H](C)[C@H](NC(=O)OC(C)(C)C)C(=O)N(CCO)Cc1ccccc1. The molecule has 1 aromatic rings. The zero-order chi connectivity index (χ0) is 19.7. The third kappa shape index (κ3) is 7.44. The number of aliphatic hydroxyl groups excluding tert-OH is 1. The number of hydrogen-bond donors (Lipinski definition) is 2. The summed E-state index contributed by atoms with van der Waals surface area (Å²) in [5, 5.41) is 12.1. The molecule has 2 amide bonds. The maximum absolute atomic E-state index is 13.1. The van der Waals surface area contributed by atoms with Crippen molar-refractivity contribution in [3.05, 3.63) is 35.9 Å². The van der Waals surface area contributed by atoms with Crippen LogP contribution in [-0.4, -0.2) is 46.8 Å². The summed E-state index contributed by atoms with van der Waals surface area (Å²) in [5.41, 5.74) is 0.330. The zero-order valence-corrected chi connectivity index (χ0v) is 16.5. The van der Waals surface area contributed by atoms with Gasteiger partial charge in [0.1, 0.15) is 11.6 Å². The topological polar surface area (TPSA) is 78.9 Å². The first kappa shape index (κ1) is 22.0. The van der Waals surface area contributed by atoms with Crippen molar-refractivity contribution in [2.75, 3.05) is 13.2 Å². The first-order valence-corrected chi connectivity index (χ1v) is 9.11. The Hall–Kier alpha value is -2.08. The normalized spacial score (nSPS) is 13.6. The molecule has 2 N–H and O–H groups in total. The molecule has 0 bridgehead atoms. The van der Waals surface area contributed by atoms with Crippen LogP contribution in [0.3, 0.4) is 0 Å². The van der Waals surface area contributed by atoms with Gasteiger partial charge in [0.15, 0.2) is 0 Å². The smallest absolute Gasteiger partial charge is 0.408 e. The Balaban J connectivity index is 2.94. The van der Waals surface area contributed by atoms with Crippen LogP contribution in [0.2, 0.25) is 0 Å². The molecule has 0 saturated heterocycles. The van der Waals surface area contributed by atoms with Crippen molar-refractivity contribution >= 4 is 12.0 Å². The molecule has 6 nitrogen and oxygen atoms in total. The Bertz CT molecular complexity index is 569. The molecule has 0 unspecified atom stereocenters. The van der Waals surface area contributed by atoms with Gasteiger partial charge in [0.2, 0.25) is 5.91 Å². The molecule has 0 fully saturated rings. The van der Waals surface area contributed by atoms with E-state index in [2.05, 4.69) is 5.32 Å². The van der Waals surface area contributed by atoms with Gasteiger partial charge in [0.05, 0.1) is 6.61 Å². The lowest BCUT2D eigenvalue weighted by molar-refractivity contribution is -0.136. The van der Waals surface area contributed by atoms with Gasteiger partial charge in [-0.15, -0.1) is 0 Å². The van der Waals surface area contributed by atoms with Crippen LogP contribution in [0.25, 0.3) is 0 Å². The third-order valence-corrected chi connectivity index (χ3v) is 4.05. The quantitative estimate of drug-likeness (QED) is 0.743. The number of rotatable bonds is 8. The highest BCUT2D eigenvalue weighted by Gasteiger charge is 2.31. The van der Waals surface area contributed by atoms with Gasteiger partial charge in [-0.2, -0.15) is 0 Å². The molecule has 0 aromatic heterocycles. The van der Waals surface area contributed by atoms with Crippen LogP contribution >= 0.6 is 0 Å². The molecule has 6 heteroatoms. The second-order valence-corrected chi connectivity index (χ2v) is 7.48. The average molecular weight is 364 g/mol. The molecule has 0 spiro atoms. The van der Waals surface area contributed by atoms with Gasteiger partial charge in [-0.05, 0) is 32.3 Å². The summed E-state index contributed by atoms with van der Waals surface area (Å²) in [6, 6.07) is 8.87. The van der Waals surface area contributed by atoms with Crippen molar-refractivity contribution in [3.8, 4) is 0 Å². The summed E-state index contributed by atoms with van der Waals surface area (Å²) >= 11 is 0. The highest BCUT2D eigenvalue weighted by molar-refractivity contribution is 5.86. The summed E-state index contributed by atoms with van der Waals surface area (Å²) in [7, 11) is 0. The predicted molar refractivity (Wildman–Crippen MR) is 102 cm³/mol. The standard InChI is InChI=1S/C20H32N2O4/c1-6-15(2)17(21-19(25)26-20(3,4)5)18(24)22(12-13-23)14-16-10-8-7-9-11-16/h7-11,15,17,23H,6,12-14H2,1-5H3,(H,21,25)/t15-,17-/m0/s1. The average Bonchev–Trinajstić information content (AvgIpc) is 2.57. The number of nitrogens with one attached hydrogen (secondary N) is 1. The first-order chi connectivity index (χ1) is 12.2. The third-order valence-electron chi connectivity index (χ3n) is 4.05. The van der Waals surface area contributed by atoms with E-state index in [1.165, 1.54) is 0 Å². The molecule has 0 aliphatic heterocycles. The Labute approximate surface area is 156 Å². The second-order valence-electron chi connectivity index (χ2n) is 7.48. The summed E-state index contributed by atoms with van der Waals surface area (Å²) in [6.45, 7) is 9.66. The van der Waals surface area contributed by atoms with E-state index in [1.54, 1.807) is 25.7 Å². The number of ether oxygens (including phenoxy) is 1. The molecule has 0 radical (unpaired) electrons. The number of hydrogen-bond acceptors (Lipinski definition) is 4. The van der Waals surface area contributed by atoms with Gasteiger partial charge in [0, 0.05) is 13.1 Å². The summed E-state index contributed by atoms with van der Waals surface area (Å²) in [6.07, 6.45) is 0.115. The molecule has 0 heterocycles. The lowest BCUT2D eigenvalue weighted by Gasteiger charge is -2.31. The van der Waals surface area contributed by atoms with E-state index < -0.39 is 17.7 Å². The maximum atomic E-state index is 13.1. The van der Waals surface area contributed by atoms with Crippen molar-refractivity contribution in [2.24, 2.45) is 5.92 Å². The number of carbonyl (C=O) groups is 2. The molecule has 146 valence electrons. The number of alkyl carbamates (subject to hydrolysis) is 1. The lowest BCUT2D eigenvalue weighted by Crippen LogP contribution is -2.52. The van der Waals surface area contributed by atoms with Gasteiger partial charge in [-0.1, -0.05) is 50.6 Å². The van der Waals surface area contributed by atoms with Crippen LogP contribution in [-0.2, 0) is 16.1 Å². The molecule has 26 heavy (non-hydrogen) atoms. The van der Waals surface area contributed by atoms with Gasteiger partial charge >= 0.3 is 6.09 Å². The summed E-state index contributed by atoms with van der Waals surface area (Å²) < 4.78 is 5.30. The van der Waals surface area contributed by atoms with Crippen LogP contribution in [0, 0.1) is 5.92 Å². The fraction of sp³-hybridized carbons (Fsp3) is 0.600. The van der Waals surface area contributed by atoms with Crippen LogP contribution in [0.1, 0.15) is 46.6 Å². The summed E-state index contributed by atoms with van der Waals surface area (Å²) in [4.78, 5) is 26.8. The largest absolute Gasteiger partial charge is 0.444 e. The van der Waals surface area contributed by atoms with E-state index in [0.29, 0.717) is 6.54 Å². The van der Waals surface area contributed by atoms with Crippen molar-refractivity contribution in [3.63, 3.8) is 0 Å². The number of aliphatic hydroxyl groups is 1. The van der Waals surface area contributed by atoms with E-state index in [-0.39, 0.29) is 25.0 Å². The van der Waals surface area contributed by atoms with Crippen molar-refractivity contribution in [1.82, 2.24) is 10.2 Å². The Kier molecular flexibility index (Phi) is 8.58.